The summed E-state index contributed by atoms with van der Waals surface area (Å²) in [6.07, 6.45) is 0.896. The lowest BCUT2D eigenvalue weighted by Gasteiger charge is -2.22. The summed E-state index contributed by atoms with van der Waals surface area (Å²) in [6.45, 7) is 2.73. The SMILES string of the molecule is CCCN(C(=O)c1ccccc1)c1cccc(N)c1. The van der Waals surface area contributed by atoms with E-state index in [1.807, 2.05) is 54.6 Å². The molecule has 0 saturated carbocycles. The van der Waals surface area contributed by atoms with Crippen LogP contribution in [0, 0.1) is 0 Å². The van der Waals surface area contributed by atoms with E-state index >= 15 is 0 Å². The first-order valence-corrected chi connectivity index (χ1v) is 6.45. The molecule has 0 heterocycles. The van der Waals surface area contributed by atoms with Gasteiger partial charge in [0.25, 0.3) is 5.91 Å². The number of amides is 1. The van der Waals surface area contributed by atoms with Crippen molar-refractivity contribution in [3.05, 3.63) is 60.2 Å². The van der Waals surface area contributed by atoms with Gasteiger partial charge in [-0.3, -0.25) is 4.79 Å². The number of benzene rings is 2. The van der Waals surface area contributed by atoms with Crippen LogP contribution in [0.1, 0.15) is 23.7 Å². The Balaban J connectivity index is 2.33. The molecule has 0 aromatic heterocycles. The van der Waals surface area contributed by atoms with Crippen molar-refractivity contribution in [2.24, 2.45) is 0 Å². The minimum absolute atomic E-state index is 0.00745. The zero-order valence-electron chi connectivity index (χ0n) is 11.0. The molecule has 1 amide bonds. The highest BCUT2D eigenvalue weighted by Crippen LogP contribution is 2.20. The molecule has 0 spiro atoms. The van der Waals surface area contributed by atoms with Crippen LogP contribution in [-0.4, -0.2) is 12.5 Å². The van der Waals surface area contributed by atoms with Crippen LogP contribution in [0.3, 0.4) is 0 Å². The van der Waals surface area contributed by atoms with E-state index in [0.29, 0.717) is 17.8 Å². The number of carbonyl (C=O) groups excluding carboxylic acids is 1. The first kappa shape index (κ1) is 13.1. The molecule has 0 aliphatic carbocycles. The number of hydrogen-bond acceptors (Lipinski definition) is 2. The van der Waals surface area contributed by atoms with Crippen molar-refractivity contribution in [1.82, 2.24) is 0 Å². The molecule has 0 aliphatic rings. The molecule has 0 radical (unpaired) electrons. The fourth-order valence-electron chi connectivity index (χ4n) is 2.00. The van der Waals surface area contributed by atoms with Gasteiger partial charge in [0.2, 0.25) is 0 Å². The molecule has 0 unspecified atom stereocenters. The van der Waals surface area contributed by atoms with Crippen LogP contribution in [-0.2, 0) is 0 Å². The van der Waals surface area contributed by atoms with E-state index in [1.54, 1.807) is 4.90 Å². The Bertz CT molecular complexity index is 552. The van der Waals surface area contributed by atoms with E-state index in [0.717, 1.165) is 12.1 Å². The lowest BCUT2D eigenvalue weighted by Crippen LogP contribution is -2.31. The standard InChI is InChI=1S/C16H18N2O/c1-2-11-18(15-10-6-9-14(17)12-15)16(19)13-7-4-3-5-8-13/h3-10,12H,2,11,17H2,1H3. The Morgan fingerprint density at radius 1 is 1.11 bits per heavy atom. The van der Waals surface area contributed by atoms with Crippen LogP contribution >= 0.6 is 0 Å². The summed E-state index contributed by atoms with van der Waals surface area (Å²) in [4.78, 5) is 14.3. The summed E-state index contributed by atoms with van der Waals surface area (Å²) in [5, 5.41) is 0. The van der Waals surface area contributed by atoms with Gasteiger partial charge in [-0.2, -0.15) is 0 Å². The summed E-state index contributed by atoms with van der Waals surface area (Å²) < 4.78 is 0. The van der Waals surface area contributed by atoms with E-state index in [9.17, 15) is 4.79 Å². The molecule has 2 rings (SSSR count). The highest BCUT2D eigenvalue weighted by Gasteiger charge is 2.16. The molecule has 0 saturated heterocycles. The van der Waals surface area contributed by atoms with E-state index in [-0.39, 0.29) is 5.91 Å². The highest BCUT2D eigenvalue weighted by molar-refractivity contribution is 6.06. The second-order valence-electron chi connectivity index (χ2n) is 4.42. The van der Waals surface area contributed by atoms with Crippen molar-refractivity contribution in [2.45, 2.75) is 13.3 Å². The summed E-state index contributed by atoms with van der Waals surface area (Å²) in [6, 6.07) is 16.7. The molecule has 19 heavy (non-hydrogen) atoms. The van der Waals surface area contributed by atoms with Gasteiger partial charge in [-0.1, -0.05) is 31.2 Å². The van der Waals surface area contributed by atoms with Crippen LogP contribution in [0.4, 0.5) is 11.4 Å². The van der Waals surface area contributed by atoms with Gasteiger partial charge < -0.3 is 10.6 Å². The van der Waals surface area contributed by atoms with E-state index in [1.165, 1.54) is 0 Å². The van der Waals surface area contributed by atoms with E-state index in [2.05, 4.69) is 6.92 Å². The summed E-state index contributed by atoms with van der Waals surface area (Å²) >= 11 is 0. The molecule has 3 nitrogen and oxygen atoms in total. The maximum Gasteiger partial charge on any atom is 0.258 e. The lowest BCUT2D eigenvalue weighted by atomic mass is 10.1. The van der Waals surface area contributed by atoms with E-state index < -0.39 is 0 Å². The number of nitrogens with zero attached hydrogens (tertiary/aromatic N) is 1. The molecule has 0 aliphatic heterocycles. The highest BCUT2D eigenvalue weighted by atomic mass is 16.2. The van der Waals surface area contributed by atoms with Crippen LogP contribution in [0.25, 0.3) is 0 Å². The number of rotatable bonds is 4. The smallest absolute Gasteiger partial charge is 0.258 e. The zero-order valence-corrected chi connectivity index (χ0v) is 11.0. The molecular formula is C16H18N2O. The number of anilines is 2. The Labute approximate surface area is 113 Å². The van der Waals surface area contributed by atoms with E-state index in [4.69, 9.17) is 5.73 Å². The first-order valence-electron chi connectivity index (χ1n) is 6.45. The molecular weight excluding hydrogens is 236 g/mol. The van der Waals surface area contributed by atoms with Crippen molar-refractivity contribution >= 4 is 17.3 Å². The normalized spacial score (nSPS) is 10.2. The number of nitrogens with two attached hydrogens (primary N) is 1. The molecule has 2 aromatic rings. The summed E-state index contributed by atoms with van der Waals surface area (Å²) in [5.41, 5.74) is 8.00. The first-order chi connectivity index (χ1) is 9.22. The fraction of sp³-hybridized carbons (Fsp3) is 0.188. The molecule has 0 bridgehead atoms. The third-order valence-electron chi connectivity index (χ3n) is 2.89. The maximum atomic E-state index is 12.5. The Morgan fingerprint density at radius 3 is 2.47 bits per heavy atom. The van der Waals surface area contributed by atoms with Gasteiger partial charge >= 0.3 is 0 Å². The molecule has 0 fully saturated rings. The molecule has 2 N–H and O–H groups in total. The fourth-order valence-corrected chi connectivity index (χ4v) is 2.00. The predicted octanol–water partition coefficient (Wildman–Crippen LogP) is 3.33. The molecule has 0 atom stereocenters. The number of carbonyl (C=O) groups is 1. The molecule has 3 heteroatoms. The molecule has 2 aromatic carbocycles. The van der Waals surface area contributed by atoms with Gasteiger partial charge in [-0.25, -0.2) is 0 Å². The van der Waals surface area contributed by atoms with Gasteiger partial charge in [0.1, 0.15) is 0 Å². The predicted molar refractivity (Wildman–Crippen MR) is 79.3 cm³/mol. The summed E-state index contributed by atoms with van der Waals surface area (Å²) in [7, 11) is 0. The Morgan fingerprint density at radius 2 is 1.84 bits per heavy atom. The minimum Gasteiger partial charge on any atom is -0.399 e. The monoisotopic (exact) mass is 254 g/mol. The van der Waals surface area contributed by atoms with Crippen molar-refractivity contribution in [3.8, 4) is 0 Å². The third-order valence-corrected chi connectivity index (χ3v) is 2.89. The van der Waals surface area contributed by atoms with Gasteiger partial charge in [0.05, 0.1) is 0 Å². The van der Waals surface area contributed by atoms with Crippen LogP contribution in [0.5, 0.6) is 0 Å². The topological polar surface area (TPSA) is 46.3 Å². The zero-order chi connectivity index (χ0) is 13.7. The maximum absolute atomic E-state index is 12.5. The largest absolute Gasteiger partial charge is 0.399 e. The number of nitrogen functional groups attached to an aromatic ring is 1. The van der Waals surface area contributed by atoms with Crippen molar-refractivity contribution < 1.29 is 4.79 Å². The molecule has 98 valence electrons. The van der Waals surface area contributed by atoms with Crippen molar-refractivity contribution in [3.63, 3.8) is 0 Å². The van der Waals surface area contributed by atoms with Crippen molar-refractivity contribution in [2.75, 3.05) is 17.2 Å². The Hall–Kier alpha value is -2.29. The minimum atomic E-state index is 0.00745. The van der Waals surface area contributed by atoms with Gasteiger partial charge in [-0.15, -0.1) is 0 Å². The van der Waals surface area contributed by atoms with Gasteiger partial charge in [0.15, 0.2) is 0 Å². The Kier molecular flexibility index (Phi) is 4.18. The van der Waals surface area contributed by atoms with Gasteiger partial charge in [0, 0.05) is 23.5 Å². The second kappa shape index (κ2) is 6.05. The van der Waals surface area contributed by atoms with Gasteiger partial charge in [-0.05, 0) is 36.8 Å². The third kappa shape index (κ3) is 3.13. The quantitative estimate of drug-likeness (QED) is 0.851. The number of hydrogen-bond donors (Lipinski definition) is 1. The average Bonchev–Trinajstić information content (AvgIpc) is 2.45. The lowest BCUT2D eigenvalue weighted by molar-refractivity contribution is 0.0987. The second-order valence-corrected chi connectivity index (χ2v) is 4.42. The van der Waals surface area contributed by atoms with Crippen molar-refractivity contribution in [1.29, 1.82) is 0 Å². The van der Waals surface area contributed by atoms with Crippen LogP contribution < -0.4 is 10.6 Å². The average molecular weight is 254 g/mol. The summed E-state index contributed by atoms with van der Waals surface area (Å²) in [5.74, 6) is 0.00745. The van der Waals surface area contributed by atoms with Crippen LogP contribution in [0.15, 0.2) is 54.6 Å². The van der Waals surface area contributed by atoms with Crippen LogP contribution in [0.2, 0.25) is 0 Å².